The van der Waals surface area contributed by atoms with Crippen LogP contribution in [0, 0.1) is 13.8 Å². The van der Waals surface area contributed by atoms with Gasteiger partial charge < -0.3 is 10.7 Å². The number of benzene rings is 2. The molecular formula is C19H17N5. The predicted molar refractivity (Wildman–Crippen MR) is 96.4 cm³/mol. The molecule has 0 saturated heterocycles. The first-order valence-electron chi connectivity index (χ1n) is 7.79. The molecule has 2 aromatic carbocycles. The van der Waals surface area contributed by atoms with Crippen molar-refractivity contribution in [3.63, 3.8) is 0 Å². The van der Waals surface area contributed by atoms with Crippen LogP contribution in [-0.4, -0.2) is 19.9 Å². The Morgan fingerprint density at radius 2 is 1.42 bits per heavy atom. The molecule has 0 amide bonds. The van der Waals surface area contributed by atoms with Crippen LogP contribution in [0.5, 0.6) is 0 Å². The molecule has 0 unspecified atom stereocenters. The first-order valence-corrected chi connectivity index (χ1v) is 7.79. The van der Waals surface area contributed by atoms with Gasteiger partial charge in [-0.2, -0.15) is 4.98 Å². The van der Waals surface area contributed by atoms with Crippen LogP contribution in [0.1, 0.15) is 11.1 Å². The van der Waals surface area contributed by atoms with E-state index < -0.39 is 0 Å². The summed E-state index contributed by atoms with van der Waals surface area (Å²) in [5.41, 5.74) is 12.4. The number of fused-ring (bicyclic) bond motifs is 1. The van der Waals surface area contributed by atoms with Gasteiger partial charge in [-0.1, -0.05) is 48.5 Å². The highest BCUT2D eigenvalue weighted by Gasteiger charge is 2.16. The summed E-state index contributed by atoms with van der Waals surface area (Å²) in [4.78, 5) is 16.8. The van der Waals surface area contributed by atoms with Crippen molar-refractivity contribution in [2.24, 2.45) is 0 Å². The van der Waals surface area contributed by atoms with E-state index >= 15 is 0 Å². The minimum absolute atomic E-state index is 0.226. The number of rotatable bonds is 2. The maximum absolute atomic E-state index is 5.91. The van der Waals surface area contributed by atoms with E-state index in [-0.39, 0.29) is 5.95 Å². The molecule has 5 nitrogen and oxygen atoms in total. The van der Waals surface area contributed by atoms with E-state index in [4.69, 9.17) is 5.73 Å². The molecule has 0 spiro atoms. The number of hydrogen-bond donors (Lipinski definition) is 2. The fourth-order valence-corrected chi connectivity index (χ4v) is 2.91. The normalized spacial score (nSPS) is 11.1. The van der Waals surface area contributed by atoms with E-state index in [1.54, 1.807) is 0 Å². The van der Waals surface area contributed by atoms with Crippen molar-refractivity contribution in [3.05, 3.63) is 59.7 Å². The molecule has 0 saturated carbocycles. The van der Waals surface area contributed by atoms with Crippen LogP contribution in [0.15, 0.2) is 48.5 Å². The Hall–Kier alpha value is -3.21. The third kappa shape index (κ3) is 2.31. The summed E-state index contributed by atoms with van der Waals surface area (Å²) >= 11 is 0. The second-order valence-electron chi connectivity index (χ2n) is 5.84. The molecule has 0 aliphatic rings. The SMILES string of the molecule is Cc1ccccc1-c1nc2nc(N)nc(-c3ccccc3C)c2[nH]1. The van der Waals surface area contributed by atoms with Gasteiger partial charge >= 0.3 is 0 Å². The molecule has 2 aromatic heterocycles. The Bertz CT molecular complexity index is 1050. The van der Waals surface area contributed by atoms with Crippen LogP contribution in [0.25, 0.3) is 33.8 Å². The maximum atomic E-state index is 5.91. The number of H-pyrrole nitrogens is 1. The van der Waals surface area contributed by atoms with Crippen molar-refractivity contribution in [1.82, 2.24) is 19.9 Å². The first kappa shape index (κ1) is 14.4. The Balaban J connectivity index is 2.00. The zero-order valence-electron chi connectivity index (χ0n) is 13.5. The van der Waals surface area contributed by atoms with E-state index in [1.165, 1.54) is 0 Å². The van der Waals surface area contributed by atoms with Crippen molar-refractivity contribution in [2.45, 2.75) is 13.8 Å². The predicted octanol–water partition coefficient (Wildman–Crippen LogP) is 3.89. The Morgan fingerprint density at radius 3 is 2.08 bits per heavy atom. The second-order valence-corrected chi connectivity index (χ2v) is 5.84. The molecule has 4 rings (SSSR count). The summed E-state index contributed by atoms with van der Waals surface area (Å²) in [6.07, 6.45) is 0. The van der Waals surface area contributed by atoms with Gasteiger partial charge in [0.2, 0.25) is 5.95 Å². The van der Waals surface area contributed by atoms with Gasteiger partial charge in [0.25, 0.3) is 0 Å². The summed E-state index contributed by atoms with van der Waals surface area (Å²) in [5, 5.41) is 0. The minimum Gasteiger partial charge on any atom is -0.368 e. The van der Waals surface area contributed by atoms with Crippen LogP contribution < -0.4 is 5.73 Å². The van der Waals surface area contributed by atoms with Crippen LogP contribution >= 0.6 is 0 Å². The molecule has 0 atom stereocenters. The van der Waals surface area contributed by atoms with Gasteiger partial charge in [0.05, 0.1) is 0 Å². The molecule has 2 heterocycles. The van der Waals surface area contributed by atoms with Crippen LogP contribution in [0.4, 0.5) is 5.95 Å². The summed E-state index contributed by atoms with van der Waals surface area (Å²) < 4.78 is 0. The summed E-state index contributed by atoms with van der Waals surface area (Å²) in [6, 6.07) is 16.2. The molecular weight excluding hydrogens is 298 g/mol. The number of nitrogen functional groups attached to an aromatic ring is 1. The molecule has 4 aromatic rings. The number of nitrogens with two attached hydrogens (primary N) is 1. The van der Waals surface area contributed by atoms with E-state index in [0.717, 1.165) is 39.3 Å². The lowest BCUT2D eigenvalue weighted by molar-refractivity contribution is 1.21. The standard InChI is InChI=1S/C19H17N5/c1-11-7-3-5-9-13(11)15-16-18(24-19(20)22-15)23-17(21-16)14-10-6-4-8-12(14)2/h3-10H,1-2H3,(H3,20,21,22,23,24). The number of hydrogen-bond acceptors (Lipinski definition) is 4. The molecule has 0 aliphatic heterocycles. The number of aryl methyl sites for hydroxylation is 2. The van der Waals surface area contributed by atoms with E-state index in [9.17, 15) is 0 Å². The number of aromatic amines is 1. The molecule has 118 valence electrons. The van der Waals surface area contributed by atoms with Gasteiger partial charge in [0, 0.05) is 11.1 Å². The van der Waals surface area contributed by atoms with Gasteiger partial charge in [-0.05, 0) is 25.0 Å². The van der Waals surface area contributed by atoms with E-state index in [1.807, 2.05) is 36.4 Å². The Labute approximate surface area is 139 Å². The minimum atomic E-state index is 0.226. The van der Waals surface area contributed by atoms with Crippen LogP contribution in [-0.2, 0) is 0 Å². The average Bonchev–Trinajstić information content (AvgIpc) is 2.98. The van der Waals surface area contributed by atoms with E-state index in [0.29, 0.717) is 5.65 Å². The average molecular weight is 315 g/mol. The van der Waals surface area contributed by atoms with Gasteiger partial charge in [0.15, 0.2) is 5.65 Å². The zero-order chi connectivity index (χ0) is 16.7. The molecule has 0 bridgehead atoms. The summed E-state index contributed by atoms with van der Waals surface area (Å²) in [7, 11) is 0. The van der Waals surface area contributed by atoms with Crippen molar-refractivity contribution in [1.29, 1.82) is 0 Å². The van der Waals surface area contributed by atoms with Gasteiger partial charge in [-0.3, -0.25) is 0 Å². The van der Waals surface area contributed by atoms with Crippen molar-refractivity contribution < 1.29 is 0 Å². The molecule has 0 fully saturated rings. The highest BCUT2D eigenvalue weighted by Crippen LogP contribution is 2.30. The highest BCUT2D eigenvalue weighted by atomic mass is 15.1. The van der Waals surface area contributed by atoms with Gasteiger partial charge in [-0.25, -0.2) is 9.97 Å². The smallest absolute Gasteiger partial charge is 0.222 e. The third-order valence-corrected chi connectivity index (χ3v) is 4.17. The van der Waals surface area contributed by atoms with Crippen molar-refractivity contribution in [3.8, 4) is 22.6 Å². The number of imidazole rings is 1. The quantitative estimate of drug-likeness (QED) is 0.588. The number of nitrogens with one attached hydrogen (secondary N) is 1. The summed E-state index contributed by atoms with van der Waals surface area (Å²) in [5.74, 6) is 1.00. The number of anilines is 1. The lowest BCUT2D eigenvalue weighted by atomic mass is 10.1. The highest BCUT2D eigenvalue weighted by molar-refractivity contribution is 5.91. The van der Waals surface area contributed by atoms with Crippen molar-refractivity contribution >= 4 is 17.1 Å². The fraction of sp³-hybridized carbons (Fsp3) is 0.105. The number of nitrogens with zero attached hydrogens (tertiary/aromatic N) is 3. The van der Waals surface area contributed by atoms with E-state index in [2.05, 4.69) is 45.9 Å². The number of aromatic nitrogens is 4. The van der Waals surface area contributed by atoms with Crippen LogP contribution in [0.2, 0.25) is 0 Å². The Morgan fingerprint density at radius 1 is 0.792 bits per heavy atom. The molecule has 3 N–H and O–H groups in total. The summed E-state index contributed by atoms with van der Waals surface area (Å²) in [6.45, 7) is 4.11. The lowest BCUT2D eigenvalue weighted by Gasteiger charge is -2.06. The topological polar surface area (TPSA) is 80.5 Å². The van der Waals surface area contributed by atoms with Crippen LogP contribution in [0.3, 0.4) is 0 Å². The van der Waals surface area contributed by atoms with Gasteiger partial charge in [0.1, 0.15) is 17.0 Å². The van der Waals surface area contributed by atoms with Crippen molar-refractivity contribution in [2.75, 3.05) is 5.73 Å². The largest absolute Gasteiger partial charge is 0.368 e. The molecule has 0 aliphatic carbocycles. The molecule has 24 heavy (non-hydrogen) atoms. The lowest BCUT2D eigenvalue weighted by Crippen LogP contribution is -1.98. The maximum Gasteiger partial charge on any atom is 0.222 e. The zero-order valence-corrected chi connectivity index (χ0v) is 13.5. The molecule has 5 heteroatoms. The first-order chi connectivity index (χ1) is 11.6. The second kappa shape index (κ2) is 5.45. The fourth-order valence-electron chi connectivity index (χ4n) is 2.91. The molecule has 0 radical (unpaired) electrons. The monoisotopic (exact) mass is 315 g/mol. The third-order valence-electron chi connectivity index (χ3n) is 4.17. The Kier molecular flexibility index (Phi) is 3.27. The van der Waals surface area contributed by atoms with Gasteiger partial charge in [-0.15, -0.1) is 0 Å².